The van der Waals surface area contributed by atoms with Crippen LogP contribution < -0.4 is 5.32 Å². The van der Waals surface area contributed by atoms with E-state index >= 15 is 0 Å². The molecule has 0 aliphatic carbocycles. The summed E-state index contributed by atoms with van der Waals surface area (Å²) in [6, 6.07) is 0.272. The summed E-state index contributed by atoms with van der Waals surface area (Å²) in [5.41, 5.74) is -0.181. The number of fused-ring (bicyclic) bond motifs is 1. The number of piperazine rings is 1. The standard InChI is InChI=1S/C15H25N3O2/c1-2-5-15(6-7-16-11-15)14(20)17-8-9-18-12(10-17)3-4-13(18)19/h12,16H,2-11H2,1H3. The average molecular weight is 279 g/mol. The van der Waals surface area contributed by atoms with Gasteiger partial charge in [0.05, 0.1) is 5.41 Å². The minimum Gasteiger partial charge on any atom is -0.338 e. The molecule has 3 fully saturated rings. The predicted octanol–water partition coefficient (Wildman–Crippen LogP) is 0.599. The zero-order chi connectivity index (χ0) is 14.2. The van der Waals surface area contributed by atoms with Crippen molar-refractivity contribution in [3.05, 3.63) is 0 Å². The Bertz CT molecular complexity index is 404. The number of nitrogens with zero attached hydrogens (tertiary/aromatic N) is 2. The maximum atomic E-state index is 13.0. The smallest absolute Gasteiger partial charge is 0.230 e. The van der Waals surface area contributed by atoms with E-state index in [0.29, 0.717) is 18.9 Å². The molecule has 3 rings (SSSR count). The van der Waals surface area contributed by atoms with Gasteiger partial charge in [-0.15, -0.1) is 0 Å². The van der Waals surface area contributed by atoms with Gasteiger partial charge >= 0.3 is 0 Å². The lowest BCUT2D eigenvalue weighted by Crippen LogP contribution is -2.56. The van der Waals surface area contributed by atoms with E-state index in [9.17, 15) is 9.59 Å². The van der Waals surface area contributed by atoms with Crippen LogP contribution in [0.3, 0.4) is 0 Å². The molecule has 5 nitrogen and oxygen atoms in total. The maximum Gasteiger partial charge on any atom is 0.230 e. The van der Waals surface area contributed by atoms with Gasteiger partial charge in [0.1, 0.15) is 0 Å². The van der Waals surface area contributed by atoms with Crippen LogP contribution in [0, 0.1) is 5.41 Å². The zero-order valence-corrected chi connectivity index (χ0v) is 12.4. The van der Waals surface area contributed by atoms with Crippen LogP contribution in [0.25, 0.3) is 0 Å². The molecule has 3 saturated heterocycles. The molecular formula is C15H25N3O2. The van der Waals surface area contributed by atoms with E-state index in [1.54, 1.807) is 0 Å². The second-order valence-electron chi connectivity index (χ2n) is 6.49. The Morgan fingerprint density at radius 1 is 1.45 bits per heavy atom. The van der Waals surface area contributed by atoms with E-state index in [2.05, 4.69) is 12.2 Å². The lowest BCUT2D eigenvalue weighted by molar-refractivity contribution is -0.147. The monoisotopic (exact) mass is 279 g/mol. The second kappa shape index (κ2) is 5.35. The summed E-state index contributed by atoms with van der Waals surface area (Å²) in [5.74, 6) is 0.594. The first-order chi connectivity index (χ1) is 9.66. The predicted molar refractivity (Wildman–Crippen MR) is 76.1 cm³/mol. The van der Waals surface area contributed by atoms with E-state index in [0.717, 1.165) is 51.9 Å². The van der Waals surface area contributed by atoms with E-state index in [4.69, 9.17) is 0 Å². The number of nitrogens with one attached hydrogen (secondary N) is 1. The number of rotatable bonds is 3. The Balaban J connectivity index is 1.69. The number of hydrogen-bond donors (Lipinski definition) is 1. The van der Waals surface area contributed by atoms with Gasteiger partial charge in [-0.05, 0) is 25.8 Å². The van der Waals surface area contributed by atoms with Gasteiger partial charge in [-0.1, -0.05) is 13.3 Å². The molecule has 5 heteroatoms. The van der Waals surface area contributed by atoms with Gasteiger partial charge in [0.25, 0.3) is 0 Å². The lowest BCUT2D eigenvalue weighted by atomic mass is 9.80. The van der Waals surface area contributed by atoms with Crippen molar-refractivity contribution < 1.29 is 9.59 Å². The molecule has 2 amide bonds. The van der Waals surface area contributed by atoms with Gasteiger partial charge in [-0.25, -0.2) is 0 Å². The van der Waals surface area contributed by atoms with E-state index in [1.807, 2.05) is 9.80 Å². The van der Waals surface area contributed by atoms with Crippen molar-refractivity contribution in [2.45, 2.75) is 45.1 Å². The first-order valence-corrected chi connectivity index (χ1v) is 7.96. The molecule has 0 saturated carbocycles. The molecule has 112 valence electrons. The van der Waals surface area contributed by atoms with Crippen LogP contribution in [0.5, 0.6) is 0 Å². The molecule has 3 aliphatic rings. The van der Waals surface area contributed by atoms with Crippen molar-refractivity contribution in [2.75, 3.05) is 32.7 Å². The molecule has 0 aromatic carbocycles. The first-order valence-electron chi connectivity index (χ1n) is 7.96. The van der Waals surface area contributed by atoms with Gasteiger partial charge < -0.3 is 15.1 Å². The quantitative estimate of drug-likeness (QED) is 0.823. The van der Waals surface area contributed by atoms with Crippen LogP contribution in [0.2, 0.25) is 0 Å². The van der Waals surface area contributed by atoms with E-state index < -0.39 is 0 Å². The fraction of sp³-hybridized carbons (Fsp3) is 0.867. The minimum atomic E-state index is -0.181. The summed E-state index contributed by atoms with van der Waals surface area (Å²) >= 11 is 0. The molecule has 0 bridgehead atoms. The molecule has 0 aromatic rings. The summed E-state index contributed by atoms with van der Waals surface area (Å²) in [4.78, 5) is 28.7. The highest BCUT2D eigenvalue weighted by molar-refractivity contribution is 5.84. The van der Waals surface area contributed by atoms with E-state index in [-0.39, 0.29) is 17.4 Å². The van der Waals surface area contributed by atoms with Crippen molar-refractivity contribution in [3.8, 4) is 0 Å². The third-order valence-corrected chi connectivity index (χ3v) is 5.21. The molecule has 3 heterocycles. The van der Waals surface area contributed by atoms with Gasteiger partial charge in [0.2, 0.25) is 11.8 Å². The normalized spacial score (nSPS) is 33.6. The Morgan fingerprint density at radius 3 is 3.00 bits per heavy atom. The zero-order valence-electron chi connectivity index (χ0n) is 12.4. The summed E-state index contributed by atoms with van der Waals surface area (Å²) in [6.45, 7) is 6.12. The van der Waals surface area contributed by atoms with Crippen molar-refractivity contribution in [1.82, 2.24) is 15.1 Å². The molecule has 2 atom stereocenters. The third-order valence-electron chi connectivity index (χ3n) is 5.21. The highest BCUT2D eigenvalue weighted by Crippen LogP contribution is 2.35. The van der Waals surface area contributed by atoms with Crippen LogP contribution in [0.1, 0.15) is 39.0 Å². The summed E-state index contributed by atoms with van der Waals surface area (Å²) in [5, 5.41) is 3.36. The highest BCUT2D eigenvalue weighted by Gasteiger charge is 2.45. The Morgan fingerprint density at radius 2 is 2.30 bits per heavy atom. The molecule has 0 spiro atoms. The molecule has 0 radical (unpaired) electrons. The van der Waals surface area contributed by atoms with Crippen LogP contribution >= 0.6 is 0 Å². The SMILES string of the molecule is CCCC1(C(=O)N2CCN3C(=O)CCC3C2)CCNC1. The minimum absolute atomic E-state index is 0.181. The van der Waals surface area contributed by atoms with Crippen LogP contribution in [0.15, 0.2) is 0 Å². The molecule has 1 N–H and O–H groups in total. The summed E-state index contributed by atoms with van der Waals surface area (Å²) < 4.78 is 0. The van der Waals surface area contributed by atoms with Crippen molar-refractivity contribution in [1.29, 1.82) is 0 Å². The van der Waals surface area contributed by atoms with Gasteiger partial charge in [0.15, 0.2) is 0 Å². The first kappa shape index (κ1) is 13.9. The molecule has 20 heavy (non-hydrogen) atoms. The van der Waals surface area contributed by atoms with Gasteiger partial charge in [0, 0.05) is 38.6 Å². The fourth-order valence-electron chi connectivity index (χ4n) is 4.11. The third kappa shape index (κ3) is 2.22. The van der Waals surface area contributed by atoms with Crippen LogP contribution in [0.4, 0.5) is 0 Å². The Kier molecular flexibility index (Phi) is 3.71. The maximum absolute atomic E-state index is 13.0. The highest BCUT2D eigenvalue weighted by atomic mass is 16.2. The van der Waals surface area contributed by atoms with Gasteiger partial charge in [-0.3, -0.25) is 9.59 Å². The number of carbonyl (C=O) groups is 2. The van der Waals surface area contributed by atoms with Crippen LogP contribution in [-0.2, 0) is 9.59 Å². The van der Waals surface area contributed by atoms with Crippen molar-refractivity contribution in [3.63, 3.8) is 0 Å². The average Bonchev–Trinajstić information content (AvgIpc) is 3.07. The lowest BCUT2D eigenvalue weighted by Gasteiger charge is -2.41. The molecule has 3 aliphatic heterocycles. The second-order valence-corrected chi connectivity index (χ2v) is 6.49. The largest absolute Gasteiger partial charge is 0.338 e. The van der Waals surface area contributed by atoms with Crippen molar-refractivity contribution >= 4 is 11.8 Å². The van der Waals surface area contributed by atoms with E-state index in [1.165, 1.54) is 0 Å². The summed E-state index contributed by atoms with van der Waals surface area (Å²) in [7, 11) is 0. The molecule has 0 aromatic heterocycles. The number of amides is 2. The van der Waals surface area contributed by atoms with Crippen LogP contribution in [-0.4, -0.2) is 60.4 Å². The number of carbonyl (C=O) groups excluding carboxylic acids is 2. The summed E-state index contributed by atoms with van der Waals surface area (Å²) in [6.07, 6.45) is 4.57. The molecular weight excluding hydrogens is 254 g/mol. The molecule has 2 unspecified atom stereocenters. The Labute approximate surface area is 120 Å². The fourth-order valence-corrected chi connectivity index (χ4v) is 4.11. The van der Waals surface area contributed by atoms with Gasteiger partial charge in [-0.2, -0.15) is 0 Å². The topological polar surface area (TPSA) is 52.7 Å². The number of hydrogen-bond acceptors (Lipinski definition) is 3. The van der Waals surface area contributed by atoms with Crippen molar-refractivity contribution in [2.24, 2.45) is 5.41 Å². The Hall–Kier alpha value is -1.10.